The summed E-state index contributed by atoms with van der Waals surface area (Å²) in [5, 5.41) is 5.41. The first-order valence-corrected chi connectivity index (χ1v) is 11.0. The number of pyridine rings is 1. The average molecular weight is 444 g/mol. The number of H-pyrrole nitrogens is 1. The number of nitrogens with two attached hydrogens (primary N) is 1. The molecule has 25 heavy (non-hydrogen) atoms. The van der Waals surface area contributed by atoms with Crippen LogP contribution in [-0.2, 0) is 13.0 Å². The Hall–Kier alpha value is -1.15. The molecule has 4 N–H and O–H groups in total. The quantitative estimate of drug-likeness (QED) is 0.481. The number of halogens is 1. The molecule has 3 rings (SSSR count). The highest BCUT2D eigenvalue weighted by molar-refractivity contribution is 9.10. The predicted octanol–water partition coefficient (Wildman–Crippen LogP) is 5.58. The molecular formula is C18H26BrN3OS2. The first-order chi connectivity index (χ1) is 12.2. The van der Waals surface area contributed by atoms with Crippen LogP contribution in [0.4, 0.5) is 5.69 Å². The van der Waals surface area contributed by atoms with Crippen molar-refractivity contribution < 1.29 is 0 Å². The van der Waals surface area contributed by atoms with Crippen LogP contribution in [0.5, 0.6) is 0 Å². The normalized spacial score (nSPS) is 9.84. The Bertz CT molecular complexity index is 810. The van der Waals surface area contributed by atoms with Gasteiger partial charge in [0, 0.05) is 22.4 Å². The van der Waals surface area contributed by atoms with E-state index in [0.29, 0.717) is 6.54 Å². The van der Waals surface area contributed by atoms with Gasteiger partial charge in [-0.05, 0) is 40.3 Å². The Labute approximate surface area is 165 Å². The highest BCUT2D eigenvalue weighted by atomic mass is 79.9. The summed E-state index contributed by atoms with van der Waals surface area (Å²) < 4.78 is 2.01. The van der Waals surface area contributed by atoms with Gasteiger partial charge >= 0.3 is 0 Å². The summed E-state index contributed by atoms with van der Waals surface area (Å²) in [5.74, 6) is 0. The van der Waals surface area contributed by atoms with Gasteiger partial charge in [-0.25, -0.2) is 0 Å². The monoisotopic (exact) mass is 443 g/mol. The van der Waals surface area contributed by atoms with Crippen LogP contribution in [-0.4, -0.2) is 11.5 Å². The fourth-order valence-corrected chi connectivity index (χ4v) is 4.80. The molecule has 0 aliphatic heterocycles. The van der Waals surface area contributed by atoms with Crippen molar-refractivity contribution in [3.05, 3.63) is 48.2 Å². The molecule has 0 amide bonds. The van der Waals surface area contributed by atoms with Gasteiger partial charge < -0.3 is 16.0 Å². The van der Waals surface area contributed by atoms with Crippen molar-refractivity contribution in [3.63, 3.8) is 0 Å². The first-order valence-electron chi connectivity index (χ1n) is 8.49. The van der Waals surface area contributed by atoms with E-state index in [0.717, 1.165) is 38.2 Å². The zero-order valence-corrected chi connectivity index (χ0v) is 18.3. The molecule has 0 aromatic carbocycles. The molecule has 0 aliphatic rings. The van der Waals surface area contributed by atoms with E-state index in [1.54, 1.807) is 28.7 Å². The van der Waals surface area contributed by atoms with Gasteiger partial charge in [0.1, 0.15) is 0 Å². The summed E-state index contributed by atoms with van der Waals surface area (Å²) in [6.45, 7) is 9.31. The van der Waals surface area contributed by atoms with Gasteiger partial charge in [-0.2, -0.15) is 0 Å². The zero-order valence-electron chi connectivity index (χ0n) is 15.1. The van der Waals surface area contributed by atoms with Gasteiger partial charge in [-0.15, -0.1) is 22.7 Å². The highest BCUT2D eigenvalue weighted by Crippen LogP contribution is 2.37. The maximum absolute atomic E-state index is 11.9. The zero-order chi connectivity index (χ0) is 18.8. The Kier molecular flexibility index (Phi) is 10.0. The van der Waals surface area contributed by atoms with Crippen LogP contribution in [0.3, 0.4) is 0 Å². The van der Waals surface area contributed by atoms with E-state index in [-0.39, 0.29) is 5.56 Å². The molecule has 7 heteroatoms. The van der Waals surface area contributed by atoms with Gasteiger partial charge in [-0.1, -0.05) is 33.8 Å². The molecule has 0 atom stereocenters. The maximum atomic E-state index is 11.9. The molecule has 4 nitrogen and oxygen atoms in total. The third-order valence-corrected chi connectivity index (χ3v) is 6.39. The Morgan fingerprint density at radius 1 is 1.28 bits per heavy atom. The van der Waals surface area contributed by atoms with E-state index < -0.39 is 0 Å². The van der Waals surface area contributed by atoms with E-state index in [2.05, 4.69) is 32.3 Å². The second-order valence-corrected chi connectivity index (χ2v) is 7.49. The summed E-state index contributed by atoms with van der Waals surface area (Å²) in [7, 11) is 0. The van der Waals surface area contributed by atoms with Crippen molar-refractivity contribution in [2.75, 3.05) is 11.9 Å². The third-order valence-electron chi connectivity index (χ3n) is 3.09. The molecule has 0 spiro atoms. The van der Waals surface area contributed by atoms with E-state index in [1.165, 1.54) is 4.88 Å². The smallest absolute Gasteiger partial charge is 0.250 e. The van der Waals surface area contributed by atoms with Crippen molar-refractivity contribution in [1.82, 2.24) is 4.98 Å². The number of thiophene rings is 2. The number of aromatic amines is 1. The molecule has 3 aromatic rings. The van der Waals surface area contributed by atoms with E-state index in [4.69, 9.17) is 5.73 Å². The maximum Gasteiger partial charge on any atom is 0.250 e. The SMILES string of the molecule is CC.CC.NCCc1sc2c(NCc3cccs3)cc(=O)[nH]c2c1Br. The number of anilines is 1. The Morgan fingerprint density at radius 3 is 2.60 bits per heavy atom. The Balaban J connectivity index is 0.000000730. The molecular weight excluding hydrogens is 418 g/mol. The fraction of sp³-hybridized carbons (Fsp3) is 0.389. The Morgan fingerprint density at radius 2 is 2.00 bits per heavy atom. The minimum atomic E-state index is -0.103. The minimum Gasteiger partial charge on any atom is -0.379 e. The summed E-state index contributed by atoms with van der Waals surface area (Å²) >= 11 is 6.93. The second-order valence-electron chi connectivity index (χ2n) is 4.56. The number of hydrogen-bond donors (Lipinski definition) is 3. The second kappa shape index (κ2) is 11.5. The number of hydrogen-bond acceptors (Lipinski definition) is 5. The number of nitrogens with one attached hydrogen (secondary N) is 2. The standard InChI is InChI=1S/C14H14BrN3OS2.2C2H6/c15-12-10(3-4-16)21-14-9(6-11(19)18-13(12)14)17-7-8-2-1-5-20-8;2*1-2/h1-2,5-6H,3-4,7,16H2,(H2,17,18,19);2*1-2H3. The van der Waals surface area contributed by atoms with E-state index in [1.807, 2.05) is 39.1 Å². The molecule has 0 fully saturated rings. The van der Waals surface area contributed by atoms with Crippen molar-refractivity contribution in [1.29, 1.82) is 0 Å². The molecule has 0 saturated heterocycles. The average Bonchev–Trinajstić information content (AvgIpc) is 3.26. The van der Waals surface area contributed by atoms with Gasteiger partial charge in [0.25, 0.3) is 5.56 Å². The van der Waals surface area contributed by atoms with Gasteiger partial charge in [0.15, 0.2) is 0 Å². The topological polar surface area (TPSA) is 70.9 Å². The lowest BCUT2D eigenvalue weighted by molar-refractivity contribution is 0.985. The first kappa shape index (κ1) is 21.9. The third kappa shape index (κ3) is 5.67. The van der Waals surface area contributed by atoms with Crippen LogP contribution in [0.1, 0.15) is 37.4 Å². The fourth-order valence-electron chi connectivity index (χ4n) is 2.13. The van der Waals surface area contributed by atoms with E-state index >= 15 is 0 Å². The lowest BCUT2D eigenvalue weighted by Crippen LogP contribution is -2.07. The van der Waals surface area contributed by atoms with Crippen LogP contribution in [0.25, 0.3) is 10.2 Å². The predicted molar refractivity (Wildman–Crippen MR) is 117 cm³/mol. The van der Waals surface area contributed by atoms with Crippen molar-refractivity contribution >= 4 is 54.5 Å². The van der Waals surface area contributed by atoms with Gasteiger partial charge in [-0.3, -0.25) is 4.79 Å². The lowest BCUT2D eigenvalue weighted by Gasteiger charge is -2.05. The largest absolute Gasteiger partial charge is 0.379 e. The van der Waals surface area contributed by atoms with Crippen molar-refractivity contribution in [3.8, 4) is 0 Å². The van der Waals surface area contributed by atoms with Crippen LogP contribution in [0.2, 0.25) is 0 Å². The van der Waals surface area contributed by atoms with Crippen LogP contribution < -0.4 is 16.6 Å². The minimum absolute atomic E-state index is 0.103. The molecule has 0 aliphatic carbocycles. The van der Waals surface area contributed by atoms with Gasteiger partial charge in [0.2, 0.25) is 0 Å². The van der Waals surface area contributed by atoms with Crippen LogP contribution in [0.15, 0.2) is 32.8 Å². The van der Waals surface area contributed by atoms with Crippen LogP contribution >= 0.6 is 38.6 Å². The molecule has 0 radical (unpaired) electrons. The van der Waals surface area contributed by atoms with E-state index in [9.17, 15) is 4.79 Å². The molecule has 3 aromatic heterocycles. The van der Waals surface area contributed by atoms with Gasteiger partial charge in [0.05, 0.1) is 20.4 Å². The summed E-state index contributed by atoms with van der Waals surface area (Å²) in [6.07, 6.45) is 0.798. The highest BCUT2D eigenvalue weighted by Gasteiger charge is 2.14. The molecule has 0 saturated carbocycles. The molecule has 3 heterocycles. The number of aromatic nitrogens is 1. The molecule has 138 valence electrons. The lowest BCUT2D eigenvalue weighted by atomic mass is 10.3. The summed E-state index contributed by atoms with van der Waals surface area (Å²) in [4.78, 5) is 17.1. The molecule has 0 unspecified atom stereocenters. The van der Waals surface area contributed by atoms with Crippen molar-refractivity contribution in [2.45, 2.75) is 40.7 Å². The summed E-state index contributed by atoms with van der Waals surface area (Å²) in [6, 6.07) is 5.72. The number of fused-ring (bicyclic) bond motifs is 1. The molecule has 0 bridgehead atoms. The van der Waals surface area contributed by atoms with Crippen molar-refractivity contribution in [2.24, 2.45) is 5.73 Å². The van der Waals surface area contributed by atoms with Crippen LogP contribution in [0, 0.1) is 0 Å². The summed E-state index contributed by atoms with van der Waals surface area (Å²) in [5.41, 5.74) is 7.26. The number of rotatable bonds is 5.